The highest BCUT2D eigenvalue weighted by atomic mass is 35.5. The number of fused-ring (bicyclic) bond motifs is 1. The van der Waals surface area contributed by atoms with Crippen molar-refractivity contribution in [2.45, 2.75) is 33.7 Å². The van der Waals surface area contributed by atoms with Crippen LogP contribution in [0.2, 0.25) is 5.02 Å². The standard InChI is InChI=1S/C21H26ClN3/c1-4-24(5-2)13-8-14-25-20-15-17(22)11-12-19(20)23-21(25)18-10-7-6-9-16(18)3/h6-7,9-12,15H,4-5,8,13-14H2,1-3H3. The summed E-state index contributed by atoms with van der Waals surface area (Å²) in [5.41, 5.74) is 4.56. The predicted octanol–water partition coefficient (Wildman–Crippen LogP) is 5.40. The first kappa shape index (κ1) is 18.0. The maximum atomic E-state index is 6.26. The van der Waals surface area contributed by atoms with Gasteiger partial charge in [-0.1, -0.05) is 49.7 Å². The first-order valence-electron chi connectivity index (χ1n) is 9.08. The molecule has 0 radical (unpaired) electrons. The highest BCUT2D eigenvalue weighted by Crippen LogP contribution is 2.29. The summed E-state index contributed by atoms with van der Waals surface area (Å²) in [4.78, 5) is 7.37. The molecule has 3 nitrogen and oxygen atoms in total. The monoisotopic (exact) mass is 355 g/mol. The lowest BCUT2D eigenvalue weighted by Gasteiger charge is -2.18. The lowest BCUT2D eigenvalue weighted by Crippen LogP contribution is -2.24. The van der Waals surface area contributed by atoms with Crippen LogP contribution in [-0.2, 0) is 6.54 Å². The SMILES string of the molecule is CCN(CC)CCCn1c(-c2ccccc2C)nc2ccc(Cl)cc21. The van der Waals surface area contributed by atoms with E-state index in [1.165, 1.54) is 11.1 Å². The fourth-order valence-electron chi connectivity index (χ4n) is 3.34. The Hall–Kier alpha value is -1.84. The Morgan fingerprint density at radius 1 is 1.08 bits per heavy atom. The number of hydrogen-bond acceptors (Lipinski definition) is 2. The highest BCUT2D eigenvalue weighted by Gasteiger charge is 2.14. The van der Waals surface area contributed by atoms with Crippen LogP contribution in [0, 0.1) is 6.92 Å². The molecule has 3 aromatic rings. The van der Waals surface area contributed by atoms with Crippen molar-refractivity contribution in [3.8, 4) is 11.4 Å². The summed E-state index contributed by atoms with van der Waals surface area (Å²) in [5, 5.41) is 0.758. The van der Waals surface area contributed by atoms with Crippen LogP contribution < -0.4 is 0 Å². The van der Waals surface area contributed by atoms with Crippen LogP contribution in [0.25, 0.3) is 22.4 Å². The van der Waals surface area contributed by atoms with Gasteiger partial charge in [0.25, 0.3) is 0 Å². The third-order valence-electron chi connectivity index (χ3n) is 4.85. The van der Waals surface area contributed by atoms with Crippen LogP contribution in [0.4, 0.5) is 0 Å². The van der Waals surface area contributed by atoms with Gasteiger partial charge < -0.3 is 9.47 Å². The van der Waals surface area contributed by atoms with E-state index in [1.54, 1.807) is 0 Å². The molecule has 0 unspecified atom stereocenters. The van der Waals surface area contributed by atoms with Gasteiger partial charge in [0.15, 0.2) is 0 Å². The third kappa shape index (κ3) is 3.88. The number of imidazole rings is 1. The topological polar surface area (TPSA) is 21.1 Å². The van der Waals surface area contributed by atoms with Gasteiger partial charge in [0.1, 0.15) is 5.82 Å². The third-order valence-corrected chi connectivity index (χ3v) is 5.08. The van der Waals surface area contributed by atoms with Gasteiger partial charge >= 0.3 is 0 Å². The molecule has 4 heteroatoms. The van der Waals surface area contributed by atoms with Crippen LogP contribution in [0.15, 0.2) is 42.5 Å². The van der Waals surface area contributed by atoms with E-state index < -0.39 is 0 Å². The van der Waals surface area contributed by atoms with Crippen LogP contribution in [-0.4, -0.2) is 34.1 Å². The van der Waals surface area contributed by atoms with Gasteiger partial charge in [0, 0.05) is 17.1 Å². The zero-order chi connectivity index (χ0) is 17.8. The van der Waals surface area contributed by atoms with E-state index in [9.17, 15) is 0 Å². The van der Waals surface area contributed by atoms with Crippen molar-refractivity contribution in [3.63, 3.8) is 0 Å². The molecular weight excluding hydrogens is 330 g/mol. The molecule has 0 saturated carbocycles. The van der Waals surface area contributed by atoms with Gasteiger partial charge in [-0.05, 0) is 56.7 Å². The summed E-state index contributed by atoms with van der Waals surface area (Å²) in [5.74, 6) is 1.04. The molecule has 1 heterocycles. The summed E-state index contributed by atoms with van der Waals surface area (Å²) in [6.45, 7) is 10.8. The number of benzene rings is 2. The predicted molar refractivity (Wildman–Crippen MR) is 107 cm³/mol. The molecule has 2 aromatic carbocycles. The highest BCUT2D eigenvalue weighted by molar-refractivity contribution is 6.31. The second-order valence-corrected chi connectivity index (χ2v) is 6.85. The first-order valence-corrected chi connectivity index (χ1v) is 9.46. The minimum Gasteiger partial charge on any atom is -0.324 e. The van der Waals surface area contributed by atoms with E-state index in [0.29, 0.717) is 0 Å². The largest absolute Gasteiger partial charge is 0.324 e. The number of aryl methyl sites for hydroxylation is 2. The Morgan fingerprint density at radius 2 is 1.84 bits per heavy atom. The van der Waals surface area contributed by atoms with Crippen molar-refractivity contribution < 1.29 is 0 Å². The molecule has 3 rings (SSSR count). The summed E-state index contributed by atoms with van der Waals surface area (Å²) >= 11 is 6.26. The van der Waals surface area contributed by atoms with Crippen molar-refractivity contribution >= 4 is 22.6 Å². The van der Waals surface area contributed by atoms with Crippen molar-refractivity contribution in [2.24, 2.45) is 0 Å². The molecule has 0 saturated heterocycles. The second kappa shape index (κ2) is 8.03. The number of aromatic nitrogens is 2. The van der Waals surface area contributed by atoms with Gasteiger partial charge in [-0.3, -0.25) is 0 Å². The fraction of sp³-hybridized carbons (Fsp3) is 0.381. The first-order chi connectivity index (χ1) is 12.1. The average Bonchev–Trinajstić information content (AvgIpc) is 2.97. The molecule has 25 heavy (non-hydrogen) atoms. The summed E-state index contributed by atoms with van der Waals surface area (Å²) < 4.78 is 2.33. The van der Waals surface area contributed by atoms with Crippen molar-refractivity contribution in [1.29, 1.82) is 0 Å². The van der Waals surface area contributed by atoms with E-state index in [2.05, 4.69) is 54.5 Å². The van der Waals surface area contributed by atoms with Crippen molar-refractivity contribution in [3.05, 3.63) is 53.1 Å². The van der Waals surface area contributed by atoms with Gasteiger partial charge in [-0.2, -0.15) is 0 Å². The van der Waals surface area contributed by atoms with Crippen LogP contribution in [0.5, 0.6) is 0 Å². The number of hydrogen-bond donors (Lipinski definition) is 0. The molecule has 0 aliphatic carbocycles. The average molecular weight is 356 g/mol. The molecule has 0 amide bonds. The molecule has 0 N–H and O–H groups in total. The molecule has 0 bridgehead atoms. The van der Waals surface area contributed by atoms with E-state index >= 15 is 0 Å². The minimum absolute atomic E-state index is 0.758. The number of rotatable bonds is 7. The van der Waals surface area contributed by atoms with Crippen molar-refractivity contribution in [1.82, 2.24) is 14.5 Å². The summed E-state index contributed by atoms with van der Waals surface area (Å²) in [7, 11) is 0. The maximum absolute atomic E-state index is 6.26. The Kier molecular flexibility index (Phi) is 5.77. The van der Waals surface area contributed by atoms with Gasteiger partial charge in [-0.25, -0.2) is 4.98 Å². The molecule has 132 valence electrons. The van der Waals surface area contributed by atoms with E-state index in [0.717, 1.165) is 54.5 Å². The summed E-state index contributed by atoms with van der Waals surface area (Å²) in [6.07, 6.45) is 1.10. The molecule has 0 fully saturated rings. The smallest absolute Gasteiger partial charge is 0.141 e. The van der Waals surface area contributed by atoms with Gasteiger partial charge in [0.05, 0.1) is 11.0 Å². The quantitative estimate of drug-likeness (QED) is 0.566. The minimum atomic E-state index is 0.758. The Balaban J connectivity index is 2.00. The van der Waals surface area contributed by atoms with Crippen LogP contribution in [0.3, 0.4) is 0 Å². The van der Waals surface area contributed by atoms with Crippen molar-refractivity contribution in [2.75, 3.05) is 19.6 Å². The number of nitrogens with zero attached hydrogens (tertiary/aromatic N) is 3. The maximum Gasteiger partial charge on any atom is 0.141 e. The Labute approximate surface area is 155 Å². The summed E-state index contributed by atoms with van der Waals surface area (Å²) in [6, 6.07) is 14.4. The molecule has 0 atom stereocenters. The second-order valence-electron chi connectivity index (χ2n) is 6.42. The zero-order valence-electron chi connectivity index (χ0n) is 15.3. The lowest BCUT2D eigenvalue weighted by molar-refractivity contribution is 0.294. The van der Waals surface area contributed by atoms with Crippen LogP contribution >= 0.6 is 11.6 Å². The Morgan fingerprint density at radius 3 is 2.56 bits per heavy atom. The van der Waals surface area contributed by atoms with E-state index in [1.807, 2.05) is 18.2 Å². The van der Waals surface area contributed by atoms with Gasteiger partial charge in [0.2, 0.25) is 0 Å². The van der Waals surface area contributed by atoms with Crippen LogP contribution in [0.1, 0.15) is 25.8 Å². The number of halogens is 1. The molecular formula is C21H26ClN3. The van der Waals surface area contributed by atoms with Gasteiger partial charge in [-0.15, -0.1) is 0 Å². The molecule has 0 aliphatic rings. The zero-order valence-corrected chi connectivity index (χ0v) is 16.1. The molecule has 0 spiro atoms. The van der Waals surface area contributed by atoms with E-state index in [-0.39, 0.29) is 0 Å². The lowest BCUT2D eigenvalue weighted by atomic mass is 10.1. The molecule has 1 aromatic heterocycles. The fourth-order valence-corrected chi connectivity index (χ4v) is 3.51. The molecule has 0 aliphatic heterocycles. The van der Waals surface area contributed by atoms with E-state index in [4.69, 9.17) is 16.6 Å². The normalized spacial score (nSPS) is 11.6. The Bertz CT molecular complexity index is 849.